The SMILES string of the molecule is Cc1c(Br)sc2cc(C(=O)CBr)ccc12. The van der Waals surface area contributed by atoms with Crippen molar-refractivity contribution in [1.82, 2.24) is 0 Å². The van der Waals surface area contributed by atoms with Crippen molar-refractivity contribution < 1.29 is 4.79 Å². The largest absolute Gasteiger partial charge is 0.293 e. The molecule has 1 aromatic heterocycles. The summed E-state index contributed by atoms with van der Waals surface area (Å²) in [7, 11) is 0. The summed E-state index contributed by atoms with van der Waals surface area (Å²) >= 11 is 8.36. The van der Waals surface area contributed by atoms with Gasteiger partial charge >= 0.3 is 0 Å². The topological polar surface area (TPSA) is 17.1 Å². The Morgan fingerprint density at radius 1 is 1.47 bits per heavy atom. The summed E-state index contributed by atoms with van der Waals surface area (Å²) in [5.41, 5.74) is 2.01. The van der Waals surface area contributed by atoms with Crippen LogP contribution in [0.1, 0.15) is 15.9 Å². The Morgan fingerprint density at radius 2 is 2.20 bits per heavy atom. The zero-order chi connectivity index (χ0) is 11.0. The van der Waals surface area contributed by atoms with Crippen LogP contribution >= 0.6 is 43.2 Å². The molecule has 0 saturated heterocycles. The van der Waals surface area contributed by atoms with Crippen molar-refractivity contribution >= 4 is 59.1 Å². The van der Waals surface area contributed by atoms with Crippen molar-refractivity contribution in [2.24, 2.45) is 0 Å². The van der Waals surface area contributed by atoms with Crippen LogP contribution in [-0.2, 0) is 0 Å². The Hall–Kier alpha value is -0.190. The Morgan fingerprint density at radius 3 is 2.87 bits per heavy atom. The molecule has 0 atom stereocenters. The Balaban J connectivity index is 2.62. The fourth-order valence-corrected chi connectivity index (χ4v) is 3.48. The maximum atomic E-state index is 11.5. The van der Waals surface area contributed by atoms with Crippen LogP contribution in [0.15, 0.2) is 22.0 Å². The number of hydrogen-bond acceptors (Lipinski definition) is 2. The lowest BCUT2D eigenvalue weighted by atomic mass is 10.1. The van der Waals surface area contributed by atoms with Gasteiger partial charge in [-0.2, -0.15) is 0 Å². The molecule has 0 radical (unpaired) electrons. The molecule has 78 valence electrons. The minimum absolute atomic E-state index is 0.124. The number of Topliss-reactive ketones (excluding diaryl/α,β-unsaturated/α-hetero) is 1. The average Bonchev–Trinajstić information content (AvgIpc) is 2.53. The highest BCUT2D eigenvalue weighted by Gasteiger charge is 2.09. The highest BCUT2D eigenvalue weighted by Crippen LogP contribution is 2.35. The van der Waals surface area contributed by atoms with E-state index in [4.69, 9.17) is 0 Å². The number of aryl methyl sites for hydroxylation is 1. The standard InChI is InChI=1S/C11H8Br2OS/c1-6-8-3-2-7(9(14)5-12)4-10(8)15-11(6)13/h2-4H,5H2,1H3. The minimum atomic E-state index is 0.124. The van der Waals surface area contributed by atoms with Crippen molar-refractivity contribution in [2.45, 2.75) is 6.92 Å². The summed E-state index contributed by atoms with van der Waals surface area (Å²) in [6.45, 7) is 2.08. The third-order valence-electron chi connectivity index (χ3n) is 2.32. The zero-order valence-corrected chi connectivity index (χ0v) is 12.0. The first-order valence-corrected chi connectivity index (χ1v) is 7.14. The summed E-state index contributed by atoms with van der Waals surface area (Å²) in [6, 6.07) is 5.86. The number of rotatable bonds is 2. The van der Waals surface area contributed by atoms with Gasteiger partial charge in [-0.05, 0) is 39.9 Å². The third-order valence-corrected chi connectivity index (χ3v) is 4.96. The molecule has 1 aromatic carbocycles. The van der Waals surface area contributed by atoms with Gasteiger partial charge in [0.1, 0.15) is 0 Å². The summed E-state index contributed by atoms with van der Waals surface area (Å²) in [5.74, 6) is 0.124. The minimum Gasteiger partial charge on any atom is -0.293 e. The van der Waals surface area contributed by atoms with Crippen LogP contribution in [0.5, 0.6) is 0 Å². The van der Waals surface area contributed by atoms with E-state index in [0.29, 0.717) is 5.33 Å². The molecule has 0 bridgehead atoms. The molecule has 2 rings (SSSR count). The third kappa shape index (κ3) is 2.03. The average molecular weight is 348 g/mol. The van der Waals surface area contributed by atoms with E-state index >= 15 is 0 Å². The second-order valence-corrected chi connectivity index (χ2v) is 6.20. The van der Waals surface area contributed by atoms with Crippen LogP contribution < -0.4 is 0 Å². The lowest BCUT2D eigenvalue weighted by molar-refractivity contribution is 0.102. The van der Waals surface area contributed by atoms with Crippen LogP contribution in [0.3, 0.4) is 0 Å². The molecule has 4 heteroatoms. The fraction of sp³-hybridized carbons (Fsp3) is 0.182. The van der Waals surface area contributed by atoms with E-state index in [1.54, 1.807) is 11.3 Å². The highest BCUT2D eigenvalue weighted by molar-refractivity contribution is 9.11. The van der Waals surface area contributed by atoms with E-state index in [0.717, 1.165) is 14.0 Å². The lowest BCUT2D eigenvalue weighted by Gasteiger charge is -1.97. The smallest absolute Gasteiger partial charge is 0.173 e. The van der Waals surface area contributed by atoms with E-state index in [-0.39, 0.29) is 5.78 Å². The molecule has 0 aliphatic rings. The van der Waals surface area contributed by atoms with Crippen LogP contribution in [0.2, 0.25) is 0 Å². The molecule has 0 N–H and O–H groups in total. The molecule has 15 heavy (non-hydrogen) atoms. The van der Waals surface area contributed by atoms with Gasteiger partial charge in [0.05, 0.1) is 9.12 Å². The van der Waals surface area contributed by atoms with Gasteiger partial charge in [-0.15, -0.1) is 11.3 Å². The summed E-state index contributed by atoms with van der Waals surface area (Å²) in [6.07, 6.45) is 0. The van der Waals surface area contributed by atoms with Gasteiger partial charge in [0.15, 0.2) is 5.78 Å². The van der Waals surface area contributed by atoms with Gasteiger partial charge < -0.3 is 0 Å². The molecule has 0 unspecified atom stereocenters. The molecule has 1 nitrogen and oxygen atoms in total. The molecular formula is C11H8Br2OS. The van der Waals surface area contributed by atoms with Crippen LogP contribution in [0.4, 0.5) is 0 Å². The summed E-state index contributed by atoms with van der Waals surface area (Å²) in [5, 5.41) is 1.60. The number of ketones is 1. The second kappa shape index (κ2) is 4.36. The van der Waals surface area contributed by atoms with Crippen molar-refractivity contribution in [3.8, 4) is 0 Å². The molecule has 0 saturated carbocycles. The van der Waals surface area contributed by atoms with Crippen LogP contribution in [-0.4, -0.2) is 11.1 Å². The second-order valence-electron chi connectivity index (χ2n) is 3.27. The van der Waals surface area contributed by atoms with Gasteiger partial charge in [-0.1, -0.05) is 28.1 Å². The molecule has 0 aliphatic carbocycles. The number of halogens is 2. The molecule has 0 amide bonds. The van der Waals surface area contributed by atoms with E-state index in [1.165, 1.54) is 10.9 Å². The Bertz CT molecular complexity index is 531. The lowest BCUT2D eigenvalue weighted by Crippen LogP contribution is -1.98. The van der Waals surface area contributed by atoms with Crippen molar-refractivity contribution in [3.05, 3.63) is 33.1 Å². The number of hydrogen-bond donors (Lipinski definition) is 0. The Kier molecular flexibility index (Phi) is 3.28. The molecule has 1 heterocycles. The molecular weight excluding hydrogens is 340 g/mol. The molecule has 0 aliphatic heterocycles. The number of alkyl halides is 1. The van der Waals surface area contributed by atoms with Gasteiger partial charge in [0.2, 0.25) is 0 Å². The van der Waals surface area contributed by atoms with Crippen LogP contribution in [0.25, 0.3) is 10.1 Å². The van der Waals surface area contributed by atoms with Crippen LogP contribution in [0, 0.1) is 6.92 Å². The number of benzene rings is 1. The van der Waals surface area contributed by atoms with Gasteiger partial charge in [-0.25, -0.2) is 0 Å². The van der Waals surface area contributed by atoms with Crippen molar-refractivity contribution in [3.63, 3.8) is 0 Å². The van der Waals surface area contributed by atoms with E-state index in [2.05, 4.69) is 38.8 Å². The summed E-state index contributed by atoms with van der Waals surface area (Å²) < 4.78 is 2.30. The maximum Gasteiger partial charge on any atom is 0.173 e. The predicted octanol–water partition coefficient (Wildman–Crippen LogP) is 4.55. The first kappa shape index (κ1) is 11.3. The van der Waals surface area contributed by atoms with Gasteiger partial charge in [0, 0.05) is 10.3 Å². The molecule has 0 fully saturated rings. The zero-order valence-electron chi connectivity index (χ0n) is 8.01. The van der Waals surface area contributed by atoms with Crippen molar-refractivity contribution in [1.29, 1.82) is 0 Å². The first-order valence-electron chi connectivity index (χ1n) is 4.41. The molecule has 0 spiro atoms. The van der Waals surface area contributed by atoms with E-state index < -0.39 is 0 Å². The highest BCUT2D eigenvalue weighted by atomic mass is 79.9. The van der Waals surface area contributed by atoms with E-state index in [9.17, 15) is 4.79 Å². The predicted molar refractivity (Wildman–Crippen MR) is 72.4 cm³/mol. The van der Waals surface area contributed by atoms with Gasteiger partial charge in [0.25, 0.3) is 0 Å². The number of fused-ring (bicyclic) bond motifs is 1. The number of thiophene rings is 1. The first-order chi connectivity index (χ1) is 7.13. The number of carbonyl (C=O) groups excluding carboxylic acids is 1. The van der Waals surface area contributed by atoms with E-state index in [1.807, 2.05) is 18.2 Å². The monoisotopic (exact) mass is 346 g/mol. The number of carbonyl (C=O) groups is 1. The fourth-order valence-electron chi connectivity index (χ4n) is 1.45. The normalized spacial score (nSPS) is 10.9. The molecule has 2 aromatic rings. The maximum absolute atomic E-state index is 11.5. The quantitative estimate of drug-likeness (QED) is 0.575. The van der Waals surface area contributed by atoms with Gasteiger partial charge in [-0.3, -0.25) is 4.79 Å². The Labute approximate surface area is 109 Å². The summed E-state index contributed by atoms with van der Waals surface area (Å²) in [4.78, 5) is 11.5. The van der Waals surface area contributed by atoms with Crippen molar-refractivity contribution in [2.75, 3.05) is 5.33 Å².